The van der Waals surface area contributed by atoms with Gasteiger partial charge in [0.25, 0.3) is 0 Å². The molecule has 0 unspecified atom stereocenters. The molecule has 0 aromatic carbocycles. The topological polar surface area (TPSA) is 80.3 Å². The third-order valence-electron chi connectivity index (χ3n) is 6.45. The normalized spacial score (nSPS) is 20.8. The van der Waals surface area contributed by atoms with Crippen molar-refractivity contribution < 1.29 is 66.6 Å². The molecule has 0 N–H and O–H groups in total. The van der Waals surface area contributed by atoms with Gasteiger partial charge in [0.05, 0.1) is 0 Å². The zero-order chi connectivity index (χ0) is 25.1. The van der Waals surface area contributed by atoms with Crippen molar-refractivity contribution in [3.63, 3.8) is 0 Å². The molecule has 0 aromatic heterocycles. The quantitative estimate of drug-likeness (QED) is 0.254. The molecule has 0 atom stereocenters. The zero-order valence-electron chi connectivity index (χ0n) is 19.0. The van der Waals surface area contributed by atoms with Gasteiger partial charge in [0.1, 0.15) is 11.9 Å². The van der Waals surface area contributed by atoms with Gasteiger partial charge in [-0.25, -0.2) is 0 Å². The molecule has 0 amide bonds. The van der Waals surface area contributed by atoms with Crippen LogP contribution in [0.2, 0.25) is 0 Å². The Morgan fingerprint density at radius 1 is 0.529 bits per heavy atom. The van der Waals surface area contributed by atoms with Gasteiger partial charge in [-0.1, -0.05) is 65.7 Å². The molecular formula is C22H33F6O4PPd. The fourth-order valence-corrected chi connectivity index (χ4v) is 9.71. The molecule has 3 saturated carbocycles. The third-order valence-corrected chi connectivity index (χ3v) is 10.5. The smallest absolute Gasteiger partial charge is 0.542 e. The number of aliphatic carboxylic acids is 2. The van der Waals surface area contributed by atoms with Crippen LogP contribution in [-0.2, 0) is 30.0 Å². The molecule has 12 heteroatoms. The number of hydrogen-bond acceptors (Lipinski definition) is 4. The van der Waals surface area contributed by atoms with E-state index in [9.17, 15) is 26.3 Å². The summed E-state index contributed by atoms with van der Waals surface area (Å²) in [5, 5.41) is 17.6. The van der Waals surface area contributed by atoms with Crippen LogP contribution in [0.1, 0.15) is 96.3 Å². The number of hydrogen-bond donors (Lipinski definition) is 0. The van der Waals surface area contributed by atoms with Crippen LogP contribution in [0, 0.1) is 0 Å². The van der Waals surface area contributed by atoms with E-state index in [4.69, 9.17) is 19.8 Å². The van der Waals surface area contributed by atoms with Crippen LogP contribution >= 0.6 is 7.92 Å². The summed E-state index contributed by atoms with van der Waals surface area (Å²) in [6.45, 7) is 0. The van der Waals surface area contributed by atoms with E-state index in [0.717, 1.165) is 0 Å². The van der Waals surface area contributed by atoms with E-state index in [1.54, 1.807) is 77.0 Å². The van der Waals surface area contributed by atoms with Gasteiger partial charge in [-0.05, 0) is 55.5 Å². The first-order valence-electron chi connectivity index (χ1n) is 11.7. The van der Waals surface area contributed by atoms with Crippen LogP contribution in [-0.4, -0.2) is 41.3 Å². The number of rotatable bonds is 3. The van der Waals surface area contributed by atoms with Gasteiger partial charge in [0.15, 0.2) is 0 Å². The second-order valence-electron chi connectivity index (χ2n) is 8.89. The summed E-state index contributed by atoms with van der Waals surface area (Å²) >= 11 is 0. The van der Waals surface area contributed by atoms with Crippen molar-refractivity contribution in [3.8, 4) is 0 Å². The predicted octanol–water partition coefficient (Wildman–Crippen LogP) is 5.06. The summed E-state index contributed by atoms with van der Waals surface area (Å²) in [4.78, 5) is 17.6. The van der Waals surface area contributed by atoms with Crippen molar-refractivity contribution in [2.45, 2.75) is 126 Å². The zero-order valence-corrected chi connectivity index (χ0v) is 21.5. The van der Waals surface area contributed by atoms with Crippen LogP contribution in [0.3, 0.4) is 0 Å². The molecule has 3 rings (SSSR count). The predicted molar refractivity (Wildman–Crippen MR) is 110 cm³/mol. The van der Waals surface area contributed by atoms with Gasteiger partial charge < -0.3 is 19.8 Å². The Labute approximate surface area is 212 Å². The number of carbonyl (C=O) groups is 2. The molecule has 0 bridgehead atoms. The van der Waals surface area contributed by atoms with Crippen molar-refractivity contribution in [3.05, 3.63) is 0 Å². The molecule has 3 fully saturated rings. The third kappa shape index (κ3) is 13.1. The van der Waals surface area contributed by atoms with Crippen LogP contribution in [0.25, 0.3) is 0 Å². The van der Waals surface area contributed by atoms with Crippen LogP contribution in [0.4, 0.5) is 26.3 Å². The number of carbonyl (C=O) groups excluding carboxylic acids is 2. The maximum atomic E-state index is 10.5. The molecule has 0 spiro atoms. The van der Waals surface area contributed by atoms with E-state index in [1.165, 1.54) is 36.2 Å². The first kappa shape index (κ1) is 33.6. The first-order chi connectivity index (χ1) is 15.3. The summed E-state index contributed by atoms with van der Waals surface area (Å²) in [5.41, 5.74) is 3.57. The molecule has 202 valence electrons. The minimum atomic E-state index is -5.19. The van der Waals surface area contributed by atoms with E-state index in [1.807, 2.05) is 0 Å². The average Bonchev–Trinajstić information content (AvgIpc) is 2.76. The average molecular weight is 613 g/mol. The van der Waals surface area contributed by atoms with E-state index in [0.29, 0.717) is 7.92 Å². The Morgan fingerprint density at radius 2 is 0.706 bits per heavy atom. The molecule has 0 saturated heterocycles. The number of halogens is 6. The number of alkyl halides is 6. The van der Waals surface area contributed by atoms with Gasteiger partial charge in [0, 0.05) is 0 Å². The number of carboxylic acids is 2. The van der Waals surface area contributed by atoms with Gasteiger partial charge in [-0.3, -0.25) is 0 Å². The first-order valence-corrected chi connectivity index (χ1v) is 13.2. The van der Waals surface area contributed by atoms with E-state index in [2.05, 4.69) is 0 Å². The largest absolute Gasteiger partial charge is 2.00 e. The van der Waals surface area contributed by atoms with Crippen molar-refractivity contribution in [1.29, 1.82) is 0 Å². The summed E-state index contributed by atoms with van der Waals surface area (Å²) in [6, 6.07) is 0. The van der Waals surface area contributed by atoms with Crippen LogP contribution in [0.15, 0.2) is 0 Å². The molecule has 4 nitrogen and oxygen atoms in total. The molecular weight excluding hydrogens is 580 g/mol. The van der Waals surface area contributed by atoms with E-state index >= 15 is 0 Å². The Bertz CT molecular complexity index is 518. The van der Waals surface area contributed by atoms with Crippen molar-refractivity contribution in [2.24, 2.45) is 0 Å². The van der Waals surface area contributed by atoms with Crippen molar-refractivity contribution in [2.75, 3.05) is 0 Å². The van der Waals surface area contributed by atoms with Crippen molar-refractivity contribution in [1.82, 2.24) is 0 Å². The molecule has 34 heavy (non-hydrogen) atoms. The molecule has 0 heterocycles. The maximum absolute atomic E-state index is 10.5. The minimum Gasteiger partial charge on any atom is -0.542 e. The van der Waals surface area contributed by atoms with Gasteiger partial charge in [0.2, 0.25) is 0 Å². The van der Waals surface area contributed by atoms with Crippen LogP contribution < -0.4 is 10.2 Å². The summed E-state index contributed by atoms with van der Waals surface area (Å²) in [6.07, 6.45) is 13.2. The molecule has 0 radical (unpaired) electrons. The SMILES string of the molecule is C1CCC(P(C2CCCCC2)C2CCCCC2)CC1.O=C([O-])C(F)(F)F.O=C([O-])C(F)(F)F.[Pd+2]. The molecule has 3 aliphatic carbocycles. The summed E-state index contributed by atoms with van der Waals surface area (Å²) in [5.74, 6) is -6.01. The summed E-state index contributed by atoms with van der Waals surface area (Å²) < 4.78 is 63.1. The van der Waals surface area contributed by atoms with E-state index in [-0.39, 0.29) is 20.4 Å². The van der Waals surface area contributed by atoms with Crippen molar-refractivity contribution >= 4 is 19.9 Å². The standard InChI is InChI=1S/C18H33P.2C2HF3O2.Pd/c1-4-10-16(11-5-1)19(17-12-6-2-7-13-17)18-14-8-3-9-15-18;2*3-2(4,5)1(6)7;/h16-18H,1-15H2;2*(H,6,7);/q;;;+2/p-2. The number of carboxylic acid groups (broad SMARTS) is 2. The van der Waals surface area contributed by atoms with E-state index < -0.39 is 24.3 Å². The Morgan fingerprint density at radius 3 is 0.853 bits per heavy atom. The van der Waals surface area contributed by atoms with Crippen LogP contribution in [0.5, 0.6) is 0 Å². The molecule has 0 aliphatic heterocycles. The second-order valence-corrected chi connectivity index (χ2v) is 12.0. The minimum absolute atomic E-state index is 0. The maximum Gasteiger partial charge on any atom is 2.00 e. The molecule has 0 aromatic rings. The second kappa shape index (κ2) is 16.4. The van der Waals surface area contributed by atoms with Gasteiger partial charge in [-0.2, -0.15) is 26.3 Å². The fraction of sp³-hybridized carbons (Fsp3) is 0.909. The molecule has 3 aliphatic rings. The Kier molecular flexibility index (Phi) is 16.2. The Balaban J connectivity index is 0.000000609. The Hall–Kier alpha value is -0.388. The van der Waals surface area contributed by atoms with Gasteiger partial charge >= 0.3 is 32.8 Å². The van der Waals surface area contributed by atoms with Gasteiger partial charge in [-0.15, -0.1) is 0 Å². The summed E-state index contributed by atoms with van der Waals surface area (Å²) in [7, 11) is 0.385. The monoisotopic (exact) mass is 612 g/mol. The fourth-order valence-electron chi connectivity index (χ4n) is 5.03.